The molecule has 0 amide bonds. The number of hydrogen-bond donors (Lipinski definition) is 1. The summed E-state index contributed by atoms with van der Waals surface area (Å²) in [5.74, 6) is -0.158. The molecule has 1 aliphatic rings. The smallest absolute Gasteiger partial charge is 0.123 e. The van der Waals surface area contributed by atoms with E-state index in [0.717, 1.165) is 19.6 Å². The van der Waals surface area contributed by atoms with Crippen molar-refractivity contribution in [2.24, 2.45) is 0 Å². The third-order valence-electron chi connectivity index (χ3n) is 3.16. The lowest BCUT2D eigenvalue weighted by molar-refractivity contribution is 0.317. The summed E-state index contributed by atoms with van der Waals surface area (Å²) in [6, 6.07) is 7.97. The highest BCUT2D eigenvalue weighted by molar-refractivity contribution is 5.16. The van der Waals surface area contributed by atoms with Gasteiger partial charge in [-0.1, -0.05) is 26.0 Å². The number of nitrogens with one attached hydrogen (secondary N) is 1. The molecular formula is C14H21FN2. The number of rotatable bonds is 4. The highest BCUT2D eigenvalue weighted by Crippen LogP contribution is 2.14. The summed E-state index contributed by atoms with van der Waals surface area (Å²) < 4.78 is 12.8. The van der Waals surface area contributed by atoms with Crippen LogP contribution in [0.4, 0.5) is 4.39 Å². The fourth-order valence-corrected chi connectivity index (χ4v) is 2.43. The molecule has 1 unspecified atom stereocenters. The molecule has 1 atom stereocenters. The van der Waals surface area contributed by atoms with Crippen LogP contribution in [0.1, 0.15) is 25.8 Å². The Balaban J connectivity index is 1.83. The normalized spacial score (nSPS) is 21.3. The van der Waals surface area contributed by atoms with Crippen molar-refractivity contribution in [1.29, 1.82) is 0 Å². The zero-order valence-electron chi connectivity index (χ0n) is 10.6. The maximum absolute atomic E-state index is 12.8. The Kier molecular flexibility index (Phi) is 4.13. The molecule has 1 aromatic rings. The molecule has 1 aliphatic heterocycles. The number of likely N-dealkylation sites (tertiary alicyclic amines) is 1. The Labute approximate surface area is 103 Å². The van der Waals surface area contributed by atoms with Gasteiger partial charge in [0, 0.05) is 31.7 Å². The van der Waals surface area contributed by atoms with Gasteiger partial charge in [-0.25, -0.2) is 4.39 Å². The first-order chi connectivity index (χ1) is 8.13. The maximum atomic E-state index is 12.8. The Morgan fingerprint density at radius 3 is 2.71 bits per heavy atom. The summed E-state index contributed by atoms with van der Waals surface area (Å²) in [7, 11) is 0. The molecule has 1 aromatic carbocycles. The molecule has 0 saturated carbocycles. The van der Waals surface area contributed by atoms with E-state index in [9.17, 15) is 4.39 Å². The Morgan fingerprint density at radius 1 is 1.35 bits per heavy atom. The molecule has 0 aliphatic carbocycles. The summed E-state index contributed by atoms with van der Waals surface area (Å²) in [5.41, 5.74) is 1.19. The van der Waals surface area contributed by atoms with E-state index in [1.807, 2.05) is 12.1 Å². The zero-order chi connectivity index (χ0) is 12.3. The zero-order valence-corrected chi connectivity index (χ0v) is 10.6. The van der Waals surface area contributed by atoms with Gasteiger partial charge in [-0.15, -0.1) is 0 Å². The van der Waals surface area contributed by atoms with Crippen molar-refractivity contribution in [1.82, 2.24) is 10.2 Å². The number of hydrogen-bond acceptors (Lipinski definition) is 2. The third kappa shape index (κ3) is 3.79. The van der Waals surface area contributed by atoms with E-state index in [1.165, 1.54) is 24.1 Å². The molecule has 17 heavy (non-hydrogen) atoms. The monoisotopic (exact) mass is 236 g/mol. The van der Waals surface area contributed by atoms with Gasteiger partial charge in [0.15, 0.2) is 0 Å². The lowest BCUT2D eigenvalue weighted by atomic mass is 10.2. The first-order valence-corrected chi connectivity index (χ1v) is 6.36. The molecule has 0 aromatic heterocycles. The van der Waals surface area contributed by atoms with Crippen molar-refractivity contribution in [3.8, 4) is 0 Å². The van der Waals surface area contributed by atoms with E-state index in [-0.39, 0.29) is 5.82 Å². The van der Waals surface area contributed by atoms with Crippen LogP contribution in [0.15, 0.2) is 24.3 Å². The molecule has 1 heterocycles. The summed E-state index contributed by atoms with van der Waals surface area (Å²) in [6.45, 7) is 7.51. The van der Waals surface area contributed by atoms with Crippen LogP contribution in [0, 0.1) is 5.82 Å². The van der Waals surface area contributed by atoms with Crippen molar-refractivity contribution in [3.63, 3.8) is 0 Å². The van der Waals surface area contributed by atoms with Gasteiger partial charge >= 0.3 is 0 Å². The van der Waals surface area contributed by atoms with Crippen molar-refractivity contribution < 1.29 is 4.39 Å². The second-order valence-corrected chi connectivity index (χ2v) is 5.17. The van der Waals surface area contributed by atoms with Gasteiger partial charge in [0.1, 0.15) is 5.82 Å². The number of benzene rings is 1. The SMILES string of the molecule is CC(C)NC1CCN(Cc2ccc(F)cc2)C1. The molecule has 94 valence electrons. The quantitative estimate of drug-likeness (QED) is 0.863. The fourth-order valence-electron chi connectivity index (χ4n) is 2.43. The van der Waals surface area contributed by atoms with Gasteiger partial charge in [-0.3, -0.25) is 4.90 Å². The van der Waals surface area contributed by atoms with Gasteiger partial charge in [0.05, 0.1) is 0 Å². The van der Waals surface area contributed by atoms with Crippen LogP contribution in [-0.2, 0) is 6.54 Å². The van der Waals surface area contributed by atoms with Gasteiger partial charge in [-0.2, -0.15) is 0 Å². The summed E-state index contributed by atoms with van der Waals surface area (Å²) in [5, 5.41) is 3.56. The number of nitrogens with zero attached hydrogens (tertiary/aromatic N) is 1. The lowest BCUT2D eigenvalue weighted by Gasteiger charge is -2.18. The summed E-state index contributed by atoms with van der Waals surface area (Å²) in [4.78, 5) is 2.42. The first-order valence-electron chi connectivity index (χ1n) is 6.36. The molecule has 1 saturated heterocycles. The van der Waals surface area contributed by atoms with Crippen LogP contribution in [0.5, 0.6) is 0 Å². The van der Waals surface area contributed by atoms with Crippen molar-refractivity contribution >= 4 is 0 Å². The van der Waals surface area contributed by atoms with E-state index >= 15 is 0 Å². The molecule has 0 bridgehead atoms. The Bertz CT molecular complexity index is 348. The Morgan fingerprint density at radius 2 is 2.06 bits per heavy atom. The van der Waals surface area contributed by atoms with Crippen molar-refractivity contribution in [3.05, 3.63) is 35.6 Å². The summed E-state index contributed by atoms with van der Waals surface area (Å²) >= 11 is 0. The average Bonchev–Trinajstić information content (AvgIpc) is 2.68. The highest BCUT2D eigenvalue weighted by atomic mass is 19.1. The largest absolute Gasteiger partial charge is 0.310 e. The molecule has 2 rings (SSSR count). The topological polar surface area (TPSA) is 15.3 Å². The molecule has 3 heteroatoms. The van der Waals surface area contributed by atoms with E-state index in [2.05, 4.69) is 24.1 Å². The third-order valence-corrected chi connectivity index (χ3v) is 3.16. The van der Waals surface area contributed by atoms with Gasteiger partial charge in [0.25, 0.3) is 0 Å². The van der Waals surface area contributed by atoms with Gasteiger partial charge in [0.2, 0.25) is 0 Å². The van der Waals surface area contributed by atoms with Gasteiger partial charge in [-0.05, 0) is 24.1 Å². The number of halogens is 1. The van der Waals surface area contributed by atoms with Crippen LogP contribution >= 0.6 is 0 Å². The molecule has 0 spiro atoms. The van der Waals surface area contributed by atoms with Crippen LogP contribution in [0.25, 0.3) is 0 Å². The second-order valence-electron chi connectivity index (χ2n) is 5.17. The predicted octanol–water partition coefficient (Wildman–Crippen LogP) is 2.40. The maximum Gasteiger partial charge on any atom is 0.123 e. The Hall–Kier alpha value is -0.930. The van der Waals surface area contributed by atoms with Crippen LogP contribution < -0.4 is 5.32 Å². The summed E-state index contributed by atoms with van der Waals surface area (Å²) in [6.07, 6.45) is 1.21. The molecular weight excluding hydrogens is 215 g/mol. The van der Waals surface area contributed by atoms with E-state index in [1.54, 1.807) is 0 Å². The fraction of sp³-hybridized carbons (Fsp3) is 0.571. The van der Waals surface area contributed by atoms with Gasteiger partial charge < -0.3 is 5.32 Å². The second kappa shape index (κ2) is 5.61. The minimum absolute atomic E-state index is 0.158. The van der Waals surface area contributed by atoms with Crippen LogP contribution in [0.2, 0.25) is 0 Å². The molecule has 1 fully saturated rings. The molecule has 2 nitrogen and oxygen atoms in total. The highest BCUT2D eigenvalue weighted by Gasteiger charge is 2.22. The average molecular weight is 236 g/mol. The lowest BCUT2D eigenvalue weighted by Crippen LogP contribution is -2.36. The predicted molar refractivity (Wildman–Crippen MR) is 68.4 cm³/mol. The van der Waals surface area contributed by atoms with E-state index in [0.29, 0.717) is 12.1 Å². The molecule has 1 N–H and O–H groups in total. The van der Waals surface area contributed by atoms with Crippen molar-refractivity contribution in [2.45, 2.75) is 38.9 Å². The van der Waals surface area contributed by atoms with Crippen LogP contribution in [-0.4, -0.2) is 30.1 Å². The van der Waals surface area contributed by atoms with Crippen LogP contribution in [0.3, 0.4) is 0 Å². The minimum Gasteiger partial charge on any atom is -0.310 e. The minimum atomic E-state index is -0.158. The van der Waals surface area contributed by atoms with Crippen molar-refractivity contribution in [2.75, 3.05) is 13.1 Å². The standard InChI is InChI=1S/C14H21FN2/c1-11(2)16-14-7-8-17(10-14)9-12-3-5-13(15)6-4-12/h3-6,11,14,16H,7-10H2,1-2H3. The van der Waals surface area contributed by atoms with E-state index in [4.69, 9.17) is 0 Å². The van der Waals surface area contributed by atoms with E-state index < -0.39 is 0 Å². The first kappa shape index (κ1) is 12.5. The molecule has 0 radical (unpaired) electrons.